The molecule has 2 N–H and O–H groups in total. The maximum Gasteiger partial charge on any atom is 0.320 e. The van der Waals surface area contributed by atoms with E-state index in [1.54, 1.807) is 0 Å². The van der Waals surface area contributed by atoms with Crippen molar-refractivity contribution < 1.29 is 9.90 Å². The number of hydrogen-bond donors (Lipinski definition) is 2. The zero-order valence-electron chi connectivity index (χ0n) is 5.76. The molecule has 3 heteroatoms. The second-order valence-electron chi connectivity index (χ2n) is 3.37. The molecular weight excluding hydrogens is 130 g/mol. The molecule has 0 aromatic rings. The van der Waals surface area contributed by atoms with Crippen LogP contribution in [0.25, 0.3) is 0 Å². The first-order chi connectivity index (χ1) is 4.72. The molecule has 0 amide bonds. The fraction of sp³-hybridized carbons (Fsp3) is 0.857. The van der Waals surface area contributed by atoms with Crippen LogP contribution in [0.4, 0.5) is 0 Å². The SMILES string of the molecule is O=C(O)C1CC2(CCC2)N1. The van der Waals surface area contributed by atoms with E-state index in [0.717, 1.165) is 6.42 Å². The summed E-state index contributed by atoms with van der Waals surface area (Å²) in [5.41, 5.74) is 0.267. The molecule has 1 aliphatic carbocycles. The fourth-order valence-corrected chi connectivity index (χ4v) is 1.84. The first-order valence-electron chi connectivity index (χ1n) is 3.72. The molecular formula is C7H11NO2. The van der Waals surface area contributed by atoms with Crippen LogP contribution < -0.4 is 5.32 Å². The Labute approximate surface area is 59.4 Å². The van der Waals surface area contributed by atoms with Crippen LogP contribution in [0.5, 0.6) is 0 Å². The van der Waals surface area contributed by atoms with E-state index in [2.05, 4.69) is 5.32 Å². The number of nitrogens with one attached hydrogen (secondary N) is 1. The normalized spacial score (nSPS) is 34.6. The highest BCUT2D eigenvalue weighted by molar-refractivity contribution is 5.75. The molecule has 0 bridgehead atoms. The highest BCUT2D eigenvalue weighted by Crippen LogP contribution is 2.42. The van der Waals surface area contributed by atoms with Crippen molar-refractivity contribution in [2.75, 3.05) is 0 Å². The number of aliphatic carboxylic acids is 1. The Morgan fingerprint density at radius 3 is 2.50 bits per heavy atom. The van der Waals surface area contributed by atoms with Gasteiger partial charge in [-0.3, -0.25) is 10.1 Å². The Morgan fingerprint density at radius 1 is 1.60 bits per heavy atom. The summed E-state index contributed by atoms with van der Waals surface area (Å²) in [6, 6.07) is -0.250. The van der Waals surface area contributed by atoms with Crippen molar-refractivity contribution in [3.8, 4) is 0 Å². The van der Waals surface area contributed by atoms with E-state index in [0.29, 0.717) is 0 Å². The minimum Gasteiger partial charge on any atom is -0.480 e. The summed E-state index contributed by atoms with van der Waals surface area (Å²) in [5, 5.41) is 11.6. The molecule has 0 aromatic carbocycles. The van der Waals surface area contributed by atoms with E-state index in [1.807, 2.05) is 0 Å². The topological polar surface area (TPSA) is 49.3 Å². The maximum absolute atomic E-state index is 10.3. The van der Waals surface area contributed by atoms with Gasteiger partial charge in [0.05, 0.1) is 0 Å². The van der Waals surface area contributed by atoms with Crippen molar-refractivity contribution in [2.24, 2.45) is 0 Å². The molecule has 1 unspecified atom stereocenters. The number of carboxylic acid groups (broad SMARTS) is 1. The van der Waals surface area contributed by atoms with Gasteiger partial charge in [0, 0.05) is 5.54 Å². The van der Waals surface area contributed by atoms with Crippen LogP contribution in [-0.4, -0.2) is 22.7 Å². The maximum atomic E-state index is 10.3. The fourth-order valence-electron chi connectivity index (χ4n) is 1.84. The molecule has 3 nitrogen and oxygen atoms in total. The zero-order chi connectivity index (χ0) is 7.19. The minimum atomic E-state index is -0.697. The molecule has 1 saturated carbocycles. The number of carbonyl (C=O) groups is 1. The summed E-state index contributed by atoms with van der Waals surface area (Å²) in [6.07, 6.45) is 4.47. The van der Waals surface area contributed by atoms with E-state index < -0.39 is 5.97 Å². The van der Waals surface area contributed by atoms with Crippen molar-refractivity contribution >= 4 is 5.97 Å². The molecule has 0 aromatic heterocycles. The molecule has 10 heavy (non-hydrogen) atoms. The van der Waals surface area contributed by atoms with Crippen molar-refractivity contribution in [1.29, 1.82) is 0 Å². The van der Waals surface area contributed by atoms with E-state index in [4.69, 9.17) is 5.11 Å². The van der Waals surface area contributed by atoms with E-state index in [9.17, 15) is 4.79 Å². The molecule has 2 fully saturated rings. The smallest absolute Gasteiger partial charge is 0.320 e. The van der Waals surface area contributed by atoms with Gasteiger partial charge < -0.3 is 5.11 Å². The molecule has 1 heterocycles. The highest BCUT2D eigenvalue weighted by Gasteiger charge is 2.50. The third kappa shape index (κ3) is 0.669. The van der Waals surface area contributed by atoms with E-state index in [-0.39, 0.29) is 11.6 Å². The lowest BCUT2D eigenvalue weighted by Gasteiger charge is -2.53. The van der Waals surface area contributed by atoms with E-state index in [1.165, 1.54) is 19.3 Å². The summed E-state index contributed by atoms with van der Waals surface area (Å²) in [7, 11) is 0. The van der Waals surface area contributed by atoms with Crippen molar-refractivity contribution in [1.82, 2.24) is 5.32 Å². The third-order valence-electron chi connectivity index (χ3n) is 2.68. The van der Waals surface area contributed by atoms with Crippen molar-refractivity contribution in [3.05, 3.63) is 0 Å². The Bertz CT molecular complexity index is 166. The van der Waals surface area contributed by atoms with E-state index >= 15 is 0 Å². The van der Waals surface area contributed by atoms with Crippen LogP contribution >= 0.6 is 0 Å². The third-order valence-corrected chi connectivity index (χ3v) is 2.68. The molecule has 1 spiro atoms. The minimum absolute atomic E-state index is 0.250. The Kier molecular flexibility index (Phi) is 1.06. The molecule has 56 valence electrons. The average molecular weight is 141 g/mol. The van der Waals surface area contributed by atoms with Crippen LogP contribution in [0, 0.1) is 0 Å². The average Bonchev–Trinajstić information content (AvgIpc) is 1.54. The number of hydrogen-bond acceptors (Lipinski definition) is 2. The molecule has 0 radical (unpaired) electrons. The van der Waals surface area contributed by atoms with Crippen molar-refractivity contribution in [2.45, 2.75) is 37.3 Å². The van der Waals surface area contributed by atoms with Gasteiger partial charge in [0.2, 0.25) is 0 Å². The van der Waals surface area contributed by atoms with Gasteiger partial charge in [-0.1, -0.05) is 0 Å². The van der Waals surface area contributed by atoms with Gasteiger partial charge >= 0.3 is 5.97 Å². The van der Waals surface area contributed by atoms with Gasteiger partial charge in [-0.15, -0.1) is 0 Å². The largest absolute Gasteiger partial charge is 0.480 e. The standard InChI is InChI=1S/C7H11NO2/c9-6(10)5-4-7(8-5)2-1-3-7/h5,8H,1-4H2,(H,9,10). The predicted octanol–water partition coefficient (Wildman–Crippen LogP) is 0.356. The second kappa shape index (κ2) is 1.72. The van der Waals surface area contributed by atoms with Crippen LogP contribution in [0.2, 0.25) is 0 Å². The molecule has 1 saturated heterocycles. The lowest BCUT2D eigenvalue weighted by atomic mass is 9.67. The number of rotatable bonds is 1. The summed E-state index contributed by atoms with van der Waals surface area (Å²) in [6.45, 7) is 0. The lowest BCUT2D eigenvalue weighted by molar-refractivity contribution is -0.146. The number of carboxylic acids is 1. The monoisotopic (exact) mass is 141 g/mol. The Hall–Kier alpha value is -0.570. The first-order valence-corrected chi connectivity index (χ1v) is 3.72. The second-order valence-corrected chi connectivity index (χ2v) is 3.37. The quantitative estimate of drug-likeness (QED) is 0.554. The summed E-state index contributed by atoms with van der Waals surface area (Å²) in [5.74, 6) is -0.697. The molecule has 2 rings (SSSR count). The van der Waals surface area contributed by atoms with Crippen LogP contribution in [0.1, 0.15) is 25.7 Å². The summed E-state index contributed by atoms with van der Waals surface area (Å²) in [4.78, 5) is 10.3. The predicted molar refractivity (Wildman–Crippen MR) is 35.8 cm³/mol. The van der Waals surface area contributed by atoms with Gasteiger partial charge in [-0.2, -0.15) is 0 Å². The summed E-state index contributed by atoms with van der Waals surface area (Å²) >= 11 is 0. The van der Waals surface area contributed by atoms with Crippen LogP contribution in [0.15, 0.2) is 0 Å². The molecule has 2 aliphatic rings. The lowest BCUT2D eigenvalue weighted by Crippen LogP contribution is -2.69. The highest BCUT2D eigenvalue weighted by atomic mass is 16.4. The van der Waals surface area contributed by atoms with Gasteiger partial charge in [0.1, 0.15) is 6.04 Å². The summed E-state index contributed by atoms with van der Waals surface area (Å²) < 4.78 is 0. The Balaban J connectivity index is 1.88. The van der Waals surface area contributed by atoms with Gasteiger partial charge in [0.25, 0.3) is 0 Å². The van der Waals surface area contributed by atoms with Gasteiger partial charge in [0.15, 0.2) is 0 Å². The molecule has 1 atom stereocenters. The van der Waals surface area contributed by atoms with Gasteiger partial charge in [-0.05, 0) is 25.7 Å². The van der Waals surface area contributed by atoms with Crippen LogP contribution in [0.3, 0.4) is 0 Å². The zero-order valence-corrected chi connectivity index (χ0v) is 5.76. The van der Waals surface area contributed by atoms with Gasteiger partial charge in [-0.25, -0.2) is 0 Å². The first kappa shape index (κ1) is 6.16. The Morgan fingerprint density at radius 2 is 2.20 bits per heavy atom. The van der Waals surface area contributed by atoms with Crippen LogP contribution in [-0.2, 0) is 4.79 Å². The van der Waals surface area contributed by atoms with Crippen molar-refractivity contribution in [3.63, 3.8) is 0 Å². The molecule has 1 aliphatic heterocycles.